The molecule has 0 unspecified atom stereocenters. The molecule has 1 aromatic rings. The number of nitrogens with zero attached hydrogens (tertiary/aromatic N) is 1. The maximum Gasteiger partial charge on any atom is 0.0575 e. The molecule has 0 bridgehead atoms. The summed E-state index contributed by atoms with van der Waals surface area (Å²) >= 11 is 0. The van der Waals surface area contributed by atoms with Crippen molar-refractivity contribution in [2.24, 2.45) is 5.73 Å². The van der Waals surface area contributed by atoms with E-state index in [2.05, 4.69) is 17.4 Å². The maximum absolute atomic E-state index is 5.39. The monoisotopic (exact) mass is 223 g/mol. The molecule has 0 radical (unpaired) electrons. The van der Waals surface area contributed by atoms with Crippen LogP contribution in [0.4, 0.5) is 0 Å². The molecule has 1 rings (SSSR count). The van der Waals surface area contributed by atoms with Crippen molar-refractivity contribution in [3.8, 4) is 0 Å². The minimum absolute atomic E-state index is 0.672. The molecule has 0 heterocycles. The van der Waals surface area contributed by atoms with Crippen LogP contribution in [0.25, 0.3) is 0 Å². The number of hydrogen-bond donors (Lipinski definition) is 2. The van der Waals surface area contributed by atoms with E-state index in [1.54, 1.807) is 7.11 Å². The zero-order chi connectivity index (χ0) is 11.6. The molecule has 0 atom stereocenters. The van der Waals surface area contributed by atoms with Gasteiger partial charge in [0.15, 0.2) is 0 Å². The van der Waals surface area contributed by atoms with Crippen molar-refractivity contribution < 1.29 is 4.84 Å². The van der Waals surface area contributed by atoms with Crippen LogP contribution in [0.15, 0.2) is 30.3 Å². The summed E-state index contributed by atoms with van der Waals surface area (Å²) in [7, 11) is 1.70. The van der Waals surface area contributed by atoms with Gasteiger partial charge in [0.05, 0.1) is 7.11 Å². The smallest absolute Gasteiger partial charge is 0.0575 e. The average Bonchev–Trinajstić information content (AvgIpc) is 2.34. The second-order valence-corrected chi connectivity index (χ2v) is 3.57. The van der Waals surface area contributed by atoms with Crippen LogP contribution in [0.1, 0.15) is 5.56 Å². The van der Waals surface area contributed by atoms with E-state index >= 15 is 0 Å². The molecule has 4 nitrogen and oxygen atoms in total. The Morgan fingerprint density at radius 3 is 2.62 bits per heavy atom. The summed E-state index contributed by atoms with van der Waals surface area (Å²) in [6, 6.07) is 10.3. The van der Waals surface area contributed by atoms with Crippen LogP contribution in [-0.4, -0.2) is 38.4 Å². The first-order valence-electron chi connectivity index (χ1n) is 5.60. The zero-order valence-electron chi connectivity index (χ0n) is 9.86. The van der Waals surface area contributed by atoms with Crippen LogP contribution in [0.2, 0.25) is 0 Å². The zero-order valence-corrected chi connectivity index (χ0v) is 9.86. The Hall–Kier alpha value is -0.940. The summed E-state index contributed by atoms with van der Waals surface area (Å²) in [5, 5.41) is 5.17. The normalized spacial score (nSPS) is 10.9. The SMILES string of the molecule is CON(CCNCCN)Cc1ccccc1. The lowest BCUT2D eigenvalue weighted by Crippen LogP contribution is -2.33. The number of hydroxylamine groups is 2. The van der Waals surface area contributed by atoms with E-state index in [1.165, 1.54) is 5.56 Å². The van der Waals surface area contributed by atoms with E-state index in [1.807, 2.05) is 23.3 Å². The predicted octanol–water partition coefficient (Wildman–Crippen LogP) is 0.598. The first-order valence-corrected chi connectivity index (χ1v) is 5.60. The van der Waals surface area contributed by atoms with E-state index in [0.717, 1.165) is 26.2 Å². The molecule has 90 valence electrons. The summed E-state index contributed by atoms with van der Waals surface area (Å²) in [5.74, 6) is 0. The lowest BCUT2D eigenvalue weighted by Gasteiger charge is -2.19. The standard InChI is InChI=1S/C12H21N3O/c1-16-15(10-9-14-8-7-13)11-12-5-3-2-4-6-12/h2-6,14H,7-11,13H2,1H3. The minimum atomic E-state index is 0.672. The molecule has 0 spiro atoms. The van der Waals surface area contributed by atoms with Crippen LogP contribution >= 0.6 is 0 Å². The Kier molecular flexibility index (Phi) is 6.76. The van der Waals surface area contributed by atoms with Crippen molar-refractivity contribution >= 4 is 0 Å². The van der Waals surface area contributed by atoms with Gasteiger partial charge in [0, 0.05) is 32.7 Å². The fourth-order valence-electron chi connectivity index (χ4n) is 1.45. The van der Waals surface area contributed by atoms with Gasteiger partial charge < -0.3 is 15.9 Å². The van der Waals surface area contributed by atoms with Crippen LogP contribution in [0.3, 0.4) is 0 Å². The van der Waals surface area contributed by atoms with Gasteiger partial charge in [0.1, 0.15) is 0 Å². The third kappa shape index (κ3) is 5.23. The Bertz CT molecular complexity index is 266. The van der Waals surface area contributed by atoms with Crippen molar-refractivity contribution in [3.05, 3.63) is 35.9 Å². The van der Waals surface area contributed by atoms with Gasteiger partial charge >= 0.3 is 0 Å². The first-order chi connectivity index (χ1) is 7.86. The van der Waals surface area contributed by atoms with E-state index in [0.29, 0.717) is 6.54 Å². The molecule has 3 N–H and O–H groups in total. The fraction of sp³-hybridized carbons (Fsp3) is 0.500. The van der Waals surface area contributed by atoms with E-state index in [4.69, 9.17) is 10.6 Å². The summed E-state index contributed by atoms with van der Waals surface area (Å²) < 4.78 is 0. The van der Waals surface area contributed by atoms with Crippen LogP contribution in [0, 0.1) is 0 Å². The van der Waals surface area contributed by atoms with Gasteiger partial charge in [-0.3, -0.25) is 0 Å². The first kappa shape index (κ1) is 13.1. The van der Waals surface area contributed by atoms with Crippen LogP contribution in [0.5, 0.6) is 0 Å². The second kappa shape index (κ2) is 8.24. The van der Waals surface area contributed by atoms with Gasteiger partial charge in [0.25, 0.3) is 0 Å². The number of nitrogens with one attached hydrogen (secondary N) is 1. The fourth-order valence-corrected chi connectivity index (χ4v) is 1.45. The number of hydrogen-bond acceptors (Lipinski definition) is 4. The largest absolute Gasteiger partial charge is 0.329 e. The van der Waals surface area contributed by atoms with Gasteiger partial charge in [-0.1, -0.05) is 30.3 Å². The average molecular weight is 223 g/mol. The Balaban J connectivity index is 2.26. The van der Waals surface area contributed by atoms with Gasteiger partial charge in [0.2, 0.25) is 0 Å². The molecule has 16 heavy (non-hydrogen) atoms. The van der Waals surface area contributed by atoms with Crippen LogP contribution < -0.4 is 11.1 Å². The number of benzene rings is 1. The molecule has 0 aliphatic rings. The molecular weight excluding hydrogens is 202 g/mol. The van der Waals surface area contributed by atoms with Gasteiger partial charge in [-0.2, -0.15) is 5.06 Å². The van der Waals surface area contributed by atoms with Crippen molar-refractivity contribution in [2.75, 3.05) is 33.3 Å². The van der Waals surface area contributed by atoms with Crippen molar-refractivity contribution in [1.29, 1.82) is 0 Å². The highest BCUT2D eigenvalue weighted by Crippen LogP contribution is 2.03. The van der Waals surface area contributed by atoms with E-state index < -0.39 is 0 Å². The molecule has 0 aromatic heterocycles. The molecule has 0 aliphatic heterocycles. The molecule has 1 aromatic carbocycles. The lowest BCUT2D eigenvalue weighted by atomic mass is 10.2. The predicted molar refractivity (Wildman–Crippen MR) is 65.8 cm³/mol. The minimum Gasteiger partial charge on any atom is -0.329 e. The molecule has 0 saturated heterocycles. The highest BCUT2D eigenvalue weighted by Gasteiger charge is 2.03. The van der Waals surface area contributed by atoms with Gasteiger partial charge in [-0.25, -0.2) is 0 Å². The summed E-state index contributed by atoms with van der Waals surface area (Å²) in [6.07, 6.45) is 0. The Labute approximate surface area is 97.3 Å². The number of rotatable bonds is 8. The topological polar surface area (TPSA) is 50.5 Å². The summed E-state index contributed by atoms with van der Waals surface area (Å²) in [4.78, 5) is 5.30. The maximum atomic E-state index is 5.39. The lowest BCUT2D eigenvalue weighted by molar-refractivity contribution is -0.137. The van der Waals surface area contributed by atoms with Gasteiger partial charge in [-0.05, 0) is 5.56 Å². The molecule has 0 fully saturated rings. The number of nitrogens with two attached hydrogens (primary N) is 1. The molecule has 4 heteroatoms. The van der Waals surface area contributed by atoms with E-state index in [-0.39, 0.29) is 0 Å². The van der Waals surface area contributed by atoms with E-state index in [9.17, 15) is 0 Å². The summed E-state index contributed by atoms with van der Waals surface area (Å²) in [5.41, 5.74) is 6.65. The third-order valence-electron chi connectivity index (χ3n) is 2.32. The Morgan fingerprint density at radius 2 is 2.00 bits per heavy atom. The molecule has 0 aliphatic carbocycles. The van der Waals surface area contributed by atoms with Crippen LogP contribution in [-0.2, 0) is 11.4 Å². The van der Waals surface area contributed by atoms with Gasteiger partial charge in [-0.15, -0.1) is 0 Å². The molecular formula is C12H21N3O. The van der Waals surface area contributed by atoms with Crippen molar-refractivity contribution in [2.45, 2.75) is 6.54 Å². The Morgan fingerprint density at radius 1 is 1.25 bits per heavy atom. The highest BCUT2D eigenvalue weighted by molar-refractivity contribution is 5.14. The van der Waals surface area contributed by atoms with Crippen molar-refractivity contribution in [3.63, 3.8) is 0 Å². The molecule has 0 saturated carbocycles. The third-order valence-corrected chi connectivity index (χ3v) is 2.32. The molecule has 0 amide bonds. The summed E-state index contributed by atoms with van der Waals surface area (Å²) in [6.45, 7) is 4.07. The quantitative estimate of drug-likeness (QED) is 0.500. The highest BCUT2D eigenvalue weighted by atomic mass is 16.7. The van der Waals surface area contributed by atoms with Crippen molar-refractivity contribution in [1.82, 2.24) is 10.4 Å². The second-order valence-electron chi connectivity index (χ2n) is 3.57.